The lowest BCUT2D eigenvalue weighted by atomic mass is 10.0. The summed E-state index contributed by atoms with van der Waals surface area (Å²) in [6.07, 6.45) is 5.66. The second-order valence-corrected chi connectivity index (χ2v) is 5.57. The summed E-state index contributed by atoms with van der Waals surface area (Å²) in [6.45, 7) is 0.915. The second kappa shape index (κ2) is 5.29. The highest BCUT2D eigenvalue weighted by molar-refractivity contribution is 7.80. The predicted octanol–water partition coefficient (Wildman–Crippen LogP) is 2.95. The Balaban J connectivity index is 1.91. The minimum Gasteiger partial charge on any atom is -0.336 e. The third-order valence-electron chi connectivity index (χ3n) is 3.96. The molecule has 1 atom stereocenters. The van der Waals surface area contributed by atoms with Crippen molar-refractivity contribution < 1.29 is 4.79 Å². The SMILES string of the molecule is O=C1[C@@H]2CCCCCCN2C(=S)N1c1ccccc1. The van der Waals surface area contributed by atoms with Gasteiger partial charge in [0.1, 0.15) is 6.04 Å². The zero-order valence-electron chi connectivity index (χ0n) is 10.9. The maximum Gasteiger partial charge on any atom is 0.256 e. The van der Waals surface area contributed by atoms with E-state index in [1.54, 1.807) is 4.90 Å². The van der Waals surface area contributed by atoms with Crippen molar-refractivity contribution in [2.24, 2.45) is 0 Å². The minimum absolute atomic E-state index is 0.0343. The first-order valence-electron chi connectivity index (χ1n) is 6.98. The molecule has 0 aliphatic carbocycles. The molecule has 4 heteroatoms. The zero-order chi connectivity index (χ0) is 13.2. The Bertz CT molecular complexity index is 462. The van der Waals surface area contributed by atoms with Gasteiger partial charge in [0.05, 0.1) is 5.69 Å². The summed E-state index contributed by atoms with van der Waals surface area (Å²) in [5.41, 5.74) is 0.893. The number of carbonyl (C=O) groups excluding carboxylic acids is 1. The summed E-state index contributed by atoms with van der Waals surface area (Å²) in [7, 11) is 0. The zero-order valence-corrected chi connectivity index (χ0v) is 11.7. The number of amides is 1. The first kappa shape index (κ1) is 12.6. The highest BCUT2D eigenvalue weighted by Gasteiger charge is 2.42. The van der Waals surface area contributed by atoms with Crippen LogP contribution < -0.4 is 4.90 Å². The van der Waals surface area contributed by atoms with Gasteiger partial charge < -0.3 is 4.90 Å². The van der Waals surface area contributed by atoms with Gasteiger partial charge in [-0.3, -0.25) is 9.69 Å². The van der Waals surface area contributed by atoms with Crippen LogP contribution >= 0.6 is 12.2 Å². The van der Waals surface area contributed by atoms with E-state index in [9.17, 15) is 4.79 Å². The quantitative estimate of drug-likeness (QED) is 0.736. The highest BCUT2D eigenvalue weighted by atomic mass is 32.1. The molecule has 0 bridgehead atoms. The molecule has 2 aliphatic rings. The number of thiocarbonyl (C=S) groups is 1. The van der Waals surface area contributed by atoms with Crippen molar-refractivity contribution in [3.63, 3.8) is 0 Å². The molecule has 0 aromatic heterocycles. The van der Waals surface area contributed by atoms with Crippen LogP contribution in [0.3, 0.4) is 0 Å². The molecule has 0 N–H and O–H groups in total. The van der Waals surface area contributed by atoms with Crippen molar-refractivity contribution in [3.05, 3.63) is 30.3 Å². The number of rotatable bonds is 1. The maximum absolute atomic E-state index is 12.6. The highest BCUT2D eigenvalue weighted by Crippen LogP contribution is 2.29. The summed E-state index contributed by atoms with van der Waals surface area (Å²) >= 11 is 5.53. The lowest BCUT2D eigenvalue weighted by Gasteiger charge is -2.25. The molecule has 100 valence electrons. The van der Waals surface area contributed by atoms with E-state index >= 15 is 0 Å². The third kappa shape index (κ3) is 2.25. The summed E-state index contributed by atoms with van der Waals surface area (Å²) in [5.74, 6) is 0.151. The molecule has 2 aliphatic heterocycles. The minimum atomic E-state index is -0.0343. The molecule has 2 saturated heterocycles. The van der Waals surface area contributed by atoms with Crippen molar-refractivity contribution in [3.8, 4) is 0 Å². The maximum atomic E-state index is 12.6. The van der Waals surface area contributed by atoms with E-state index in [1.165, 1.54) is 12.8 Å². The van der Waals surface area contributed by atoms with Gasteiger partial charge in [-0.15, -0.1) is 0 Å². The molecule has 19 heavy (non-hydrogen) atoms. The molecule has 1 amide bonds. The smallest absolute Gasteiger partial charge is 0.256 e. The van der Waals surface area contributed by atoms with Gasteiger partial charge in [0.2, 0.25) is 0 Å². The first-order valence-corrected chi connectivity index (χ1v) is 7.39. The van der Waals surface area contributed by atoms with Crippen LogP contribution in [-0.2, 0) is 4.79 Å². The molecule has 1 aromatic rings. The topological polar surface area (TPSA) is 23.6 Å². The van der Waals surface area contributed by atoms with Gasteiger partial charge in [-0.25, -0.2) is 0 Å². The van der Waals surface area contributed by atoms with E-state index in [0.29, 0.717) is 5.11 Å². The van der Waals surface area contributed by atoms with Crippen LogP contribution in [0.15, 0.2) is 30.3 Å². The lowest BCUT2D eigenvalue weighted by Crippen LogP contribution is -2.36. The van der Waals surface area contributed by atoms with Crippen LogP contribution in [0, 0.1) is 0 Å². The fraction of sp³-hybridized carbons (Fsp3) is 0.467. The van der Waals surface area contributed by atoms with Crippen molar-refractivity contribution in [1.82, 2.24) is 4.90 Å². The Morgan fingerprint density at radius 3 is 2.58 bits per heavy atom. The number of carbonyl (C=O) groups is 1. The fourth-order valence-corrected chi connectivity index (χ4v) is 3.37. The number of benzene rings is 1. The van der Waals surface area contributed by atoms with Crippen molar-refractivity contribution >= 4 is 28.9 Å². The summed E-state index contributed by atoms with van der Waals surface area (Å²) < 4.78 is 0. The molecule has 2 heterocycles. The van der Waals surface area contributed by atoms with E-state index in [1.807, 2.05) is 30.3 Å². The van der Waals surface area contributed by atoms with Crippen LogP contribution in [0.5, 0.6) is 0 Å². The Morgan fingerprint density at radius 1 is 1.05 bits per heavy atom. The van der Waals surface area contributed by atoms with Gasteiger partial charge in [-0.1, -0.05) is 37.5 Å². The second-order valence-electron chi connectivity index (χ2n) is 5.20. The average molecular weight is 274 g/mol. The summed E-state index contributed by atoms with van der Waals surface area (Å²) in [5, 5.41) is 0.683. The lowest BCUT2D eigenvalue weighted by molar-refractivity contribution is -0.120. The van der Waals surface area contributed by atoms with E-state index in [0.717, 1.165) is 31.5 Å². The number of anilines is 1. The Morgan fingerprint density at radius 2 is 1.79 bits per heavy atom. The molecule has 3 nitrogen and oxygen atoms in total. The molecule has 0 spiro atoms. The van der Waals surface area contributed by atoms with Gasteiger partial charge in [0.15, 0.2) is 5.11 Å². The van der Waals surface area contributed by atoms with Crippen LogP contribution in [0.25, 0.3) is 0 Å². The van der Waals surface area contributed by atoms with Gasteiger partial charge in [0, 0.05) is 6.54 Å². The monoisotopic (exact) mass is 274 g/mol. The number of hydrogen-bond acceptors (Lipinski definition) is 2. The number of fused-ring (bicyclic) bond motifs is 1. The number of para-hydroxylation sites is 1. The molecule has 2 fully saturated rings. The van der Waals surface area contributed by atoms with Crippen LogP contribution in [0.2, 0.25) is 0 Å². The van der Waals surface area contributed by atoms with Gasteiger partial charge in [0.25, 0.3) is 5.91 Å². The average Bonchev–Trinajstić information content (AvgIpc) is 2.61. The third-order valence-corrected chi connectivity index (χ3v) is 4.38. The van der Waals surface area contributed by atoms with Crippen molar-refractivity contribution in [1.29, 1.82) is 0 Å². The van der Waals surface area contributed by atoms with Crippen LogP contribution in [0.1, 0.15) is 32.1 Å². The van der Waals surface area contributed by atoms with E-state index < -0.39 is 0 Å². The molecular weight excluding hydrogens is 256 g/mol. The largest absolute Gasteiger partial charge is 0.336 e. The van der Waals surface area contributed by atoms with Crippen molar-refractivity contribution in [2.45, 2.75) is 38.1 Å². The predicted molar refractivity (Wildman–Crippen MR) is 80.1 cm³/mol. The van der Waals surface area contributed by atoms with Crippen LogP contribution in [-0.4, -0.2) is 28.5 Å². The van der Waals surface area contributed by atoms with Crippen molar-refractivity contribution in [2.75, 3.05) is 11.4 Å². The molecule has 3 rings (SSSR count). The molecule has 1 aromatic carbocycles. The molecular formula is C15H18N2OS. The Kier molecular flexibility index (Phi) is 3.51. The van der Waals surface area contributed by atoms with E-state index in [2.05, 4.69) is 4.90 Å². The molecule has 0 unspecified atom stereocenters. The first-order chi connectivity index (χ1) is 9.29. The van der Waals surface area contributed by atoms with E-state index in [-0.39, 0.29) is 11.9 Å². The van der Waals surface area contributed by atoms with Gasteiger partial charge in [-0.2, -0.15) is 0 Å². The van der Waals surface area contributed by atoms with Gasteiger partial charge in [-0.05, 0) is 37.2 Å². The number of hydrogen-bond donors (Lipinski definition) is 0. The van der Waals surface area contributed by atoms with Crippen LogP contribution in [0.4, 0.5) is 5.69 Å². The summed E-state index contributed by atoms with van der Waals surface area (Å²) in [6, 6.07) is 9.71. The number of nitrogens with zero attached hydrogens (tertiary/aromatic N) is 2. The standard InChI is InChI=1S/C15H18N2OS/c18-14-13-10-6-1-2-7-11-16(13)15(19)17(14)12-8-4-3-5-9-12/h3-5,8-9,13H,1-2,6-7,10-11H2/t13-/m0/s1. The Labute approximate surface area is 119 Å². The van der Waals surface area contributed by atoms with Gasteiger partial charge >= 0.3 is 0 Å². The summed E-state index contributed by atoms with van der Waals surface area (Å²) in [4.78, 5) is 16.5. The normalized spacial score (nSPS) is 24.1. The Hall–Kier alpha value is -1.42. The molecule has 0 saturated carbocycles. The fourth-order valence-electron chi connectivity index (χ4n) is 2.96. The van der Waals surface area contributed by atoms with E-state index in [4.69, 9.17) is 12.2 Å². The molecule has 0 radical (unpaired) electrons.